The normalized spacial score (nSPS) is 23.7. The molecular weight excluding hydrogens is 316 g/mol. The summed E-state index contributed by atoms with van der Waals surface area (Å²) in [6.45, 7) is 0. The third kappa shape index (κ3) is 3.61. The SMILES string of the molecule is CSC1CCCCC1NS(=O)(=O)c1ccc(N)c(Cl)c1. The van der Waals surface area contributed by atoms with Crippen molar-refractivity contribution in [1.29, 1.82) is 0 Å². The number of hydrogen-bond donors (Lipinski definition) is 2. The Labute approximate surface area is 129 Å². The molecule has 20 heavy (non-hydrogen) atoms. The predicted molar refractivity (Wildman–Crippen MR) is 85.7 cm³/mol. The molecule has 1 aliphatic carbocycles. The lowest BCUT2D eigenvalue weighted by Gasteiger charge is -2.30. The fourth-order valence-corrected chi connectivity index (χ4v) is 5.06. The smallest absolute Gasteiger partial charge is 0.240 e. The summed E-state index contributed by atoms with van der Waals surface area (Å²) < 4.78 is 27.6. The van der Waals surface area contributed by atoms with Gasteiger partial charge in [0.25, 0.3) is 0 Å². The lowest BCUT2D eigenvalue weighted by atomic mass is 9.96. The number of halogens is 1. The van der Waals surface area contributed by atoms with Gasteiger partial charge in [-0.15, -0.1) is 0 Å². The van der Waals surface area contributed by atoms with E-state index in [0.29, 0.717) is 10.9 Å². The summed E-state index contributed by atoms with van der Waals surface area (Å²) in [5.74, 6) is 0. The molecule has 1 aromatic carbocycles. The Hall–Kier alpha value is -0.430. The van der Waals surface area contributed by atoms with Crippen LogP contribution in [0.3, 0.4) is 0 Å². The van der Waals surface area contributed by atoms with Crippen LogP contribution in [0.5, 0.6) is 0 Å². The first kappa shape index (κ1) is 15.9. The van der Waals surface area contributed by atoms with Crippen molar-refractivity contribution >= 4 is 39.1 Å². The summed E-state index contributed by atoms with van der Waals surface area (Å²) >= 11 is 7.62. The van der Waals surface area contributed by atoms with Gasteiger partial charge in [-0.05, 0) is 37.3 Å². The van der Waals surface area contributed by atoms with Gasteiger partial charge in [0.05, 0.1) is 15.6 Å². The lowest BCUT2D eigenvalue weighted by molar-refractivity contribution is 0.423. The number of sulfonamides is 1. The van der Waals surface area contributed by atoms with E-state index in [-0.39, 0.29) is 16.0 Å². The topological polar surface area (TPSA) is 72.2 Å². The van der Waals surface area contributed by atoms with Crippen molar-refractivity contribution in [3.63, 3.8) is 0 Å². The van der Waals surface area contributed by atoms with Gasteiger partial charge in [-0.3, -0.25) is 0 Å². The first-order valence-electron chi connectivity index (χ1n) is 6.54. The van der Waals surface area contributed by atoms with Crippen LogP contribution in [-0.2, 0) is 10.0 Å². The van der Waals surface area contributed by atoms with Gasteiger partial charge >= 0.3 is 0 Å². The Morgan fingerprint density at radius 2 is 2.05 bits per heavy atom. The number of nitrogens with one attached hydrogen (secondary N) is 1. The van der Waals surface area contributed by atoms with Gasteiger partial charge in [-0.1, -0.05) is 24.4 Å². The van der Waals surface area contributed by atoms with Crippen LogP contribution in [-0.4, -0.2) is 26.0 Å². The van der Waals surface area contributed by atoms with Gasteiger partial charge in [0.15, 0.2) is 0 Å². The molecule has 2 rings (SSSR count). The minimum Gasteiger partial charge on any atom is -0.398 e. The van der Waals surface area contributed by atoms with Crippen molar-refractivity contribution in [2.24, 2.45) is 0 Å². The standard InChI is InChI=1S/C13H19ClN2O2S2/c1-19-13-5-3-2-4-12(13)16-20(17,18)9-6-7-11(15)10(14)8-9/h6-8,12-13,16H,2-5,15H2,1H3. The van der Waals surface area contributed by atoms with Crippen LogP contribution in [0.4, 0.5) is 5.69 Å². The largest absolute Gasteiger partial charge is 0.398 e. The number of rotatable bonds is 4. The van der Waals surface area contributed by atoms with E-state index >= 15 is 0 Å². The van der Waals surface area contributed by atoms with E-state index in [4.69, 9.17) is 17.3 Å². The average Bonchev–Trinajstić information content (AvgIpc) is 2.42. The highest BCUT2D eigenvalue weighted by molar-refractivity contribution is 7.99. The predicted octanol–water partition coefficient (Wildman–Crippen LogP) is 2.87. The summed E-state index contributed by atoms with van der Waals surface area (Å²) in [7, 11) is -3.55. The molecule has 2 atom stereocenters. The van der Waals surface area contributed by atoms with Crippen LogP contribution >= 0.6 is 23.4 Å². The maximum absolute atomic E-state index is 12.4. The van der Waals surface area contributed by atoms with Gasteiger partial charge in [0.2, 0.25) is 10.0 Å². The van der Waals surface area contributed by atoms with Crippen LogP contribution in [0.25, 0.3) is 0 Å². The first-order chi connectivity index (χ1) is 9.44. The van der Waals surface area contributed by atoms with E-state index < -0.39 is 10.0 Å². The molecule has 1 aromatic rings. The third-order valence-electron chi connectivity index (χ3n) is 3.59. The van der Waals surface area contributed by atoms with Crippen molar-refractivity contribution < 1.29 is 8.42 Å². The summed E-state index contributed by atoms with van der Waals surface area (Å²) in [6.07, 6.45) is 6.19. The molecule has 4 nitrogen and oxygen atoms in total. The zero-order valence-electron chi connectivity index (χ0n) is 11.3. The summed E-state index contributed by atoms with van der Waals surface area (Å²) in [5, 5.41) is 0.598. The monoisotopic (exact) mass is 334 g/mol. The average molecular weight is 335 g/mol. The number of hydrogen-bond acceptors (Lipinski definition) is 4. The number of nitrogen functional groups attached to an aromatic ring is 1. The van der Waals surface area contributed by atoms with Crippen molar-refractivity contribution in [2.75, 3.05) is 12.0 Å². The molecule has 3 N–H and O–H groups in total. The molecule has 0 radical (unpaired) electrons. The molecular formula is C13H19ClN2O2S2. The van der Waals surface area contributed by atoms with Gasteiger partial charge in [-0.2, -0.15) is 11.8 Å². The first-order valence-corrected chi connectivity index (χ1v) is 9.69. The van der Waals surface area contributed by atoms with Gasteiger partial charge in [0.1, 0.15) is 0 Å². The van der Waals surface area contributed by atoms with Crippen molar-refractivity contribution in [2.45, 2.75) is 41.9 Å². The molecule has 0 aromatic heterocycles. The van der Waals surface area contributed by atoms with Crippen LogP contribution in [0.15, 0.2) is 23.1 Å². The lowest BCUT2D eigenvalue weighted by Crippen LogP contribution is -2.43. The Bertz CT molecular complexity index is 578. The molecule has 0 spiro atoms. The molecule has 0 bridgehead atoms. The number of thioether (sulfide) groups is 1. The maximum Gasteiger partial charge on any atom is 0.240 e. The molecule has 0 saturated heterocycles. The Kier molecular flexibility index (Phi) is 5.23. The minimum absolute atomic E-state index is 0.0138. The highest BCUT2D eigenvalue weighted by Gasteiger charge is 2.29. The minimum atomic E-state index is -3.55. The fourth-order valence-electron chi connectivity index (χ4n) is 2.46. The molecule has 112 valence electrons. The highest BCUT2D eigenvalue weighted by atomic mass is 35.5. The second-order valence-corrected chi connectivity index (χ2v) is 8.17. The van der Waals surface area contributed by atoms with E-state index in [0.717, 1.165) is 25.7 Å². The molecule has 0 aliphatic heterocycles. The second-order valence-electron chi connectivity index (χ2n) is 4.97. The van der Waals surface area contributed by atoms with Gasteiger partial charge < -0.3 is 5.73 Å². The van der Waals surface area contributed by atoms with E-state index in [2.05, 4.69) is 4.72 Å². The molecule has 1 saturated carbocycles. The van der Waals surface area contributed by atoms with E-state index in [1.807, 2.05) is 6.26 Å². The molecule has 1 aliphatic rings. The molecule has 7 heteroatoms. The third-order valence-corrected chi connectivity index (χ3v) is 6.58. The summed E-state index contributed by atoms with van der Waals surface area (Å²) in [6, 6.07) is 4.39. The van der Waals surface area contributed by atoms with Crippen molar-refractivity contribution in [1.82, 2.24) is 4.72 Å². The van der Waals surface area contributed by atoms with Crippen molar-refractivity contribution in [3.05, 3.63) is 23.2 Å². The molecule has 1 fully saturated rings. The van der Waals surface area contributed by atoms with E-state index in [1.54, 1.807) is 11.8 Å². The highest BCUT2D eigenvalue weighted by Crippen LogP contribution is 2.29. The Balaban J connectivity index is 2.19. The number of nitrogens with two attached hydrogens (primary N) is 1. The molecule has 0 amide bonds. The van der Waals surface area contributed by atoms with Gasteiger partial charge in [-0.25, -0.2) is 13.1 Å². The van der Waals surface area contributed by atoms with Crippen LogP contribution in [0.2, 0.25) is 5.02 Å². The molecule has 2 unspecified atom stereocenters. The molecule has 0 heterocycles. The Morgan fingerprint density at radius 1 is 1.35 bits per heavy atom. The summed E-state index contributed by atoms with van der Waals surface area (Å²) in [4.78, 5) is 0.169. The maximum atomic E-state index is 12.4. The number of anilines is 1. The summed E-state index contributed by atoms with van der Waals surface area (Å²) in [5.41, 5.74) is 5.99. The zero-order chi connectivity index (χ0) is 14.8. The van der Waals surface area contributed by atoms with E-state index in [9.17, 15) is 8.42 Å². The van der Waals surface area contributed by atoms with E-state index in [1.165, 1.54) is 18.2 Å². The zero-order valence-corrected chi connectivity index (χ0v) is 13.7. The number of benzene rings is 1. The fraction of sp³-hybridized carbons (Fsp3) is 0.538. The second kappa shape index (κ2) is 6.56. The van der Waals surface area contributed by atoms with Crippen LogP contribution in [0, 0.1) is 0 Å². The van der Waals surface area contributed by atoms with Crippen LogP contribution < -0.4 is 10.5 Å². The Morgan fingerprint density at radius 3 is 2.70 bits per heavy atom. The van der Waals surface area contributed by atoms with Crippen LogP contribution in [0.1, 0.15) is 25.7 Å². The van der Waals surface area contributed by atoms with Gasteiger partial charge in [0, 0.05) is 11.3 Å². The quantitative estimate of drug-likeness (QED) is 0.830. The van der Waals surface area contributed by atoms with Crippen molar-refractivity contribution in [3.8, 4) is 0 Å².